The van der Waals surface area contributed by atoms with Crippen molar-refractivity contribution in [3.63, 3.8) is 0 Å². The number of likely N-dealkylation sites (tertiary alicyclic amines) is 1. The first-order valence-corrected chi connectivity index (χ1v) is 5.95. The van der Waals surface area contributed by atoms with Crippen molar-refractivity contribution < 1.29 is 9.53 Å². The van der Waals surface area contributed by atoms with Crippen molar-refractivity contribution in [1.29, 1.82) is 0 Å². The van der Waals surface area contributed by atoms with Crippen molar-refractivity contribution >= 4 is 6.03 Å². The minimum atomic E-state index is 0.0617. The van der Waals surface area contributed by atoms with Crippen LogP contribution in [0.25, 0.3) is 0 Å². The molecule has 4 nitrogen and oxygen atoms in total. The second-order valence-electron chi connectivity index (χ2n) is 3.89. The zero-order valence-corrected chi connectivity index (χ0v) is 9.63. The standard InChI is InChI=1S/C11H22N2O2/c1-2-3-9-15-10-6-12-11(14)13-7-4-5-8-13/h2-10H2,1H3,(H,12,14). The highest BCUT2D eigenvalue weighted by molar-refractivity contribution is 5.74. The van der Waals surface area contributed by atoms with E-state index in [1.807, 2.05) is 4.90 Å². The van der Waals surface area contributed by atoms with Gasteiger partial charge in [0.15, 0.2) is 0 Å². The van der Waals surface area contributed by atoms with Gasteiger partial charge in [-0.25, -0.2) is 4.79 Å². The van der Waals surface area contributed by atoms with Gasteiger partial charge in [-0.05, 0) is 19.3 Å². The lowest BCUT2D eigenvalue weighted by atomic mass is 10.4. The normalized spacial score (nSPS) is 15.7. The minimum absolute atomic E-state index is 0.0617. The Morgan fingerprint density at radius 3 is 2.73 bits per heavy atom. The highest BCUT2D eigenvalue weighted by Gasteiger charge is 2.16. The Balaban J connectivity index is 1.92. The maximum absolute atomic E-state index is 11.5. The number of carbonyl (C=O) groups excluding carboxylic acids is 1. The van der Waals surface area contributed by atoms with Gasteiger partial charge >= 0.3 is 6.03 Å². The summed E-state index contributed by atoms with van der Waals surface area (Å²) in [6, 6.07) is 0.0617. The lowest BCUT2D eigenvalue weighted by molar-refractivity contribution is 0.131. The van der Waals surface area contributed by atoms with Crippen molar-refractivity contribution in [1.82, 2.24) is 10.2 Å². The first kappa shape index (κ1) is 12.3. The quantitative estimate of drug-likeness (QED) is 0.682. The molecule has 1 N–H and O–H groups in total. The van der Waals surface area contributed by atoms with Gasteiger partial charge < -0.3 is 15.0 Å². The maximum atomic E-state index is 11.5. The van der Waals surface area contributed by atoms with E-state index < -0.39 is 0 Å². The van der Waals surface area contributed by atoms with Crippen molar-refractivity contribution in [2.75, 3.05) is 32.8 Å². The number of ether oxygens (including phenoxy) is 1. The van der Waals surface area contributed by atoms with E-state index in [0.29, 0.717) is 13.2 Å². The summed E-state index contributed by atoms with van der Waals surface area (Å²) in [5, 5.41) is 2.86. The molecule has 4 heteroatoms. The topological polar surface area (TPSA) is 41.6 Å². The second-order valence-corrected chi connectivity index (χ2v) is 3.89. The van der Waals surface area contributed by atoms with Crippen LogP contribution in [0.1, 0.15) is 32.6 Å². The summed E-state index contributed by atoms with van der Waals surface area (Å²) < 4.78 is 5.35. The number of carbonyl (C=O) groups is 1. The van der Waals surface area contributed by atoms with Crippen LogP contribution in [0.2, 0.25) is 0 Å². The Morgan fingerprint density at radius 1 is 1.33 bits per heavy atom. The fourth-order valence-electron chi connectivity index (χ4n) is 1.61. The van der Waals surface area contributed by atoms with E-state index in [1.165, 1.54) is 0 Å². The number of hydrogen-bond donors (Lipinski definition) is 1. The Hall–Kier alpha value is -0.770. The molecule has 1 aliphatic heterocycles. The molecule has 15 heavy (non-hydrogen) atoms. The third-order valence-corrected chi connectivity index (χ3v) is 2.56. The Morgan fingerprint density at radius 2 is 2.07 bits per heavy atom. The van der Waals surface area contributed by atoms with Crippen LogP contribution in [0.15, 0.2) is 0 Å². The molecule has 1 saturated heterocycles. The molecule has 0 aromatic carbocycles. The largest absolute Gasteiger partial charge is 0.380 e. The van der Waals surface area contributed by atoms with Gasteiger partial charge in [0, 0.05) is 26.2 Å². The predicted octanol–water partition coefficient (Wildman–Crippen LogP) is 1.61. The zero-order valence-electron chi connectivity index (χ0n) is 9.63. The maximum Gasteiger partial charge on any atom is 0.317 e. The number of nitrogens with zero attached hydrogens (tertiary/aromatic N) is 1. The molecule has 0 atom stereocenters. The van der Waals surface area contributed by atoms with Crippen LogP contribution in [-0.2, 0) is 4.74 Å². The summed E-state index contributed by atoms with van der Waals surface area (Å²) in [4.78, 5) is 13.4. The van der Waals surface area contributed by atoms with E-state index in [1.54, 1.807) is 0 Å². The molecule has 0 aromatic heterocycles. The van der Waals surface area contributed by atoms with Crippen LogP contribution in [0.5, 0.6) is 0 Å². The van der Waals surface area contributed by atoms with E-state index >= 15 is 0 Å². The molecule has 1 fully saturated rings. The molecule has 0 bridgehead atoms. The summed E-state index contributed by atoms with van der Waals surface area (Å²) in [5.74, 6) is 0. The number of unbranched alkanes of at least 4 members (excludes halogenated alkanes) is 1. The number of hydrogen-bond acceptors (Lipinski definition) is 2. The fraction of sp³-hybridized carbons (Fsp3) is 0.909. The molecule has 0 spiro atoms. The number of nitrogens with one attached hydrogen (secondary N) is 1. The molecule has 2 amide bonds. The average molecular weight is 214 g/mol. The van der Waals surface area contributed by atoms with Crippen molar-refractivity contribution in [2.24, 2.45) is 0 Å². The molecule has 1 aliphatic rings. The lowest BCUT2D eigenvalue weighted by Gasteiger charge is -2.15. The van der Waals surface area contributed by atoms with E-state index in [4.69, 9.17) is 4.74 Å². The van der Waals surface area contributed by atoms with Crippen LogP contribution in [0.4, 0.5) is 4.79 Å². The summed E-state index contributed by atoms with van der Waals surface area (Å²) in [6.45, 7) is 6.00. The molecule has 1 rings (SSSR count). The first-order chi connectivity index (χ1) is 7.34. The predicted molar refractivity (Wildman–Crippen MR) is 59.9 cm³/mol. The van der Waals surface area contributed by atoms with Crippen LogP contribution < -0.4 is 5.32 Å². The van der Waals surface area contributed by atoms with Gasteiger partial charge in [0.25, 0.3) is 0 Å². The third kappa shape index (κ3) is 5.02. The average Bonchev–Trinajstić information content (AvgIpc) is 2.76. The second kappa shape index (κ2) is 7.51. The highest BCUT2D eigenvalue weighted by Crippen LogP contribution is 2.06. The minimum Gasteiger partial charge on any atom is -0.380 e. The highest BCUT2D eigenvalue weighted by atomic mass is 16.5. The molecule has 1 heterocycles. The van der Waals surface area contributed by atoms with Gasteiger partial charge in [-0.15, -0.1) is 0 Å². The van der Waals surface area contributed by atoms with Crippen LogP contribution in [0.3, 0.4) is 0 Å². The molecule has 0 saturated carbocycles. The smallest absolute Gasteiger partial charge is 0.317 e. The van der Waals surface area contributed by atoms with Crippen molar-refractivity contribution in [3.8, 4) is 0 Å². The SMILES string of the molecule is CCCCOCCNC(=O)N1CCCC1. The lowest BCUT2D eigenvalue weighted by Crippen LogP contribution is -2.39. The van der Waals surface area contributed by atoms with Crippen molar-refractivity contribution in [2.45, 2.75) is 32.6 Å². The van der Waals surface area contributed by atoms with Crippen LogP contribution in [0, 0.1) is 0 Å². The van der Waals surface area contributed by atoms with Gasteiger partial charge in [0.05, 0.1) is 6.61 Å². The molecule has 0 unspecified atom stereocenters. The molecular weight excluding hydrogens is 192 g/mol. The molecule has 88 valence electrons. The van der Waals surface area contributed by atoms with E-state index in [9.17, 15) is 4.79 Å². The monoisotopic (exact) mass is 214 g/mol. The Labute approximate surface area is 92.0 Å². The molecule has 0 aliphatic carbocycles. The summed E-state index contributed by atoms with van der Waals surface area (Å²) in [6.07, 6.45) is 4.53. The summed E-state index contributed by atoms with van der Waals surface area (Å²) in [7, 11) is 0. The zero-order chi connectivity index (χ0) is 10.9. The molecule has 0 aromatic rings. The summed E-state index contributed by atoms with van der Waals surface area (Å²) >= 11 is 0. The fourth-order valence-corrected chi connectivity index (χ4v) is 1.61. The van der Waals surface area contributed by atoms with E-state index in [-0.39, 0.29) is 6.03 Å². The Kier molecular flexibility index (Phi) is 6.16. The van der Waals surface area contributed by atoms with Crippen molar-refractivity contribution in [3.05, 3.63) is 0 Å². The van der Waals surface area contributed by atoms with E-state index in [0.717, 1.165) is 45.4 Å². The first-order valence-electron chi connectivity index (χ1n) is 5.95. The van der Waals surface area contributed by atoms with Gasteiger partial charge in [0.1, 0.15) is 0 Å². The van der Waals surface area contributed by atoms with E-state index in [2.05, 4.69) is 12.2 Å². The van der Waals surface area contributed by atoms with Crippen LogP contribution >= 0.6 is 0 Å². The number of rotatable bonds is 6. The number of amides is 2. The summed E-state index contributed by atoms with van der Waals surface area (Å²) in [5.41, 5.74) is 0. The third-order valence-electron chi connectivity index (χ3n) is 2.56. The van der Waals surface area contributed by atoms with Gasteiger partial charge in [-0.1, -0.05) is 13.3 Å². The van der Waals surface area contributed by atoms with Crippen LogP contribution in [-0.4, -0.2) is 43.8 Å². The number of urea groups is 1. The molecular formula is C11H22N2O2. The Bertz CT molecular complexity index is 179. The van der Waals surface area contributed by atoms with Gasteiger partial charge in [-0.3, -0.25) is 0 Å². The van der Waals surface area contributed by atoms with Gasteiger partial charge in [0.2, 0.25) is 0 Å². The molecule has 0 radical (unpaired) electrons. The van der Waals surface area contributed by atoms with Gasteiger partial charge in [-0.2, -0.15) is 0 Å².